The summed E-state index contributed by atoms with van der Waals surface area (Å²) in [5.41, 5.74) is 1.98. The van der Waals surface area contributed by atoms with Gasteiger partial charge in [0, 0.05) is 32.4 Å². The van der Waals surface area contributed by atoms with Crippen LogP contribution in [0.3, 0.4) is 0 Å². The molecule has 1 aliphatic rings. The van der Waals surface area contributed by atoms with Gasteiger partial charge in [0.15, 0.2) is 0 Å². The van der Waals surface area contributed by atoms with Crippen molar-refractivity contribution in [3.05, 3.63) is 66.4 Å². The molecule has 1 aliphatic heterocycles. The maximum atomic E-state index is 12.7. The smallest absolute Gasteiger partial charge is 0.249 e. The van der Waals surface area contributed by atoms with Crippen LogP contribution in [0.4, 0.5) is 11.5 Å². The predicted molar refractivity (Wildman–Crippen MR) is 98.9 cm³/mol. The van der Waals surface area contributed by atoms with Crippen LogP contribution in [0, 0.1) is 0 Å². The van der Waals surface area contributed by atoms with E-state index >= 15 is 0 Å². The van der Waals surface area contributed by atoms with E-state index in [2.05, 4.69) is 32.5 Å². The molecule has 1 N–H and O–H groups in total. The van der Waals surface area contributed by atoms with Gasteiger partial charge in [-0.25, -0.2) is 9.97 Å². The van der Waals surface area contributed by atoms with Crippen molar-refractivity contribution in [2.45, 2.75) is 18.9 Å². The standard InChI is InChI=1S/C19H20N6O/c1-24-13-15(12-21-24)25-10-8-16(19(25)26)22-17-7-9-20-18(23-17)11-14-5-3-2-4-6-14/h2-7,9,12-13,16H,8,10-11H2,1H3,(H,20,22,23)/t16-/m0/s1. The first kappa shape index (κ1) is 16.3. The fraction of sp³-hybridized carbons (Fsp3) is 0.263. The molecule has 0 aliphatic carbocycles. The number of nitrogens with zero attached hydrogens (tertiary/aromatic N) is 5. The number of aryl methyl sites for hydroxylation is 1. The molecule has 0 bridgehead atoms. The van der Waals surface area contributed by atoms with Crippen molar-refractivity contribution in [3.8, 4) is 0 Å². The highest BCUT2D eigenvalue weighted by molar-refractivity contribution is 6.00. The number of hydrogen-bond donors (Lipinski definition) is 1. The van der Waals surface area contributed by atoms with E-state index in [0.29, 0.717) is 18.8 Å². The minimum atomic E-state index is -0.283. The average Bonchev–Trinajstić information content (AvgIpc) is 3.22. The van der Waals surface area contributed by atoms with Crippen LogP contribution in [0.15, 0.2) is 55.0 Å². The highest BCUT2D eigenvalue weighted by Gasteiger charge is 2.33. The third-order valence-electron chi connectivity index (χ3n) is 4.44. The molecule has 0 spiro atoms. The fourth-order valence-electron chi connectivity index (χ4n) is 3.14. The first-order chi connectivity index (χ1) is 12.7. The summed E-state index contributed by atoms with van der Waals surface area (Å²) in [6.45, 7) is 0.671. The second kappa shape index (κ2) is 6.95. The molecule has 132 valence electrons. The molecule has 26 heavy (non-hydrogen) atoms. The Morgan fingerprint density at radius 2 is 2.08 bits per heavy atom. The van der Waals surface area contributed by atoms with E-state index in [4.69, 9.17) is 0 Å². The molecule has 4 rings (SSSR count). The number of carbonyl (C=O) groups is 1. The second-order valence-corrected chi connectivity index (χ2v) is 6.37. The first-order valence-corrected chi connectivity index (χ1v) is 8.61. The maximum Gasteiger partial charge on any atom is 0.249 e. The third-order valence-corrected chi connectivity index (χ3v) is 4.44. The maximum absolute atomic E-state index is 12.7. The molecular weight excluding hydrogens is 328 g/mol. The molecule has 2 aromatic heterocycles. The van der Waals surface area contributed by atoms with Gasteiger partial charge in [0.05, 0.1) is 11.9 Å². The summed E-state index contributed by atoms with van der Waals surface area (Å²) in [5.74, 6) is 1.45. The molecule has 7 heteroatoms. The molecule has 1 fully saturated rings. The van der Waals surface area contributed by atoms with Crippen LogP contribution in [0.25, 0.3) is 0 Å². The number of aromatic nitrogens is 4. The minimum absolute atomic E-state index is 0.0428. The minimum Gasteiger partial charge on any atom is -0.358 e. The van der Waals surface area contributed by atoms with Gasteiger partial charge in [-0.15, -0.1) is 0 Å². The average molecular weight is 348 g/mol. The largest absolute Gasteiger partial charge is 0.358 e. The highest BCUT2D eigenvalue weighted by atomic mass is 16.2. The zero-order valence-electron chi connectivity index (χ0n) is 14.5. The Kier molecular flexibility index (Phi) is 4.35. The third kappa shape index (κ3) is 3.42. The van der Waals surface area contributed by atoms with Crippen LogP contribution >= 0.6 is 0 Å². The number of amides is 1. The van der Waals surface area contributed by atoms with E-state index < -0.39 is 0 Å². The Balaban J connectivity index is 1.44. The van der Waals surface area contributed by atoms with Gasteiger partial charge in [0.25, 0.3) is 0 Å². The van der Waals surface area contributed by atoms with E-state index in [1.54, 1.807) is 28.0 Å². The lowest BCUT2D eigenvalue weighted by Gasteiger charge is -2.15. The summed E-state index contributed by atoms with van der Waals surface area (Å²) in [5, 5.41) is 7.39. The van der Waals surface area contributed by atoms with E-state index in [1.807, 2.05) is 31.4 Å². The van der Waals surface area contributed by atoms with Crippen molar-refractivity contribution in [1.82, 2.24) is 19.7 Å². The summed E-state index contributed by atoms with van der Waals surface area (Å²) in [4.78, 5) is 23.3. The highest BCUT2D eigenvalue weighted by Crippen LogP contribution is 2.22. The molecule has 1 atom stereocenters. The predicted octanol–water partition coefficient (Wildman–Crippen LogP) is 2.02. The van der Waals surface area contributed by atoms with Gasteiger partial charge < -0.3 is 10.2 Å². The summed E-state index contributed by atoms with van der Waals surface area (Å²) >= 11 is 0. The van der Waals surface area contributed by atoms with Crippen LogP contribution in [-0.2, 0) is 18.3 Å². The summed E-state index contributed by atoms with van der Waals surface area (Å²) < 4.78 is 1.70. The molecule has 0 unspecified atom stereocenters. The van der Waals surface area contributed by atoms with Gasteiger partial charge >= 0.3 is 0 Å². The monoisotopic (exact) mass is 348 g/mol. The lowest BCUT2D eigenvalue weighted by atomic mass is 10.1. The molecular formula is C19H20N6O. The summed E-state index contributed by atoms with van der Waals surface area (Å²) in [7, 11) is 1.84. The molecule has 3 aromatic rings. The van der Waals surface area contributed by atoms with Gasteiger partial charge in [0.2, 0.25) is 5.91 Å². The summed E-state index contributed by atoms with van der Waals surface area (Å²) in [6.07, 6.45) is 6.68. The van der Waals surface area contributed by atoms with E-state index in [9.17, 15) is 4.79 Å². The topological polar surface area (TPSA) is 75.9 Å². The number of anilines is 2. The number of rotatable bonds is 5. The van der Waals surface area contributed by atoms with Crippen molar-refractivity contribution >= 4 is 17.4 Å². The molecule has 0 saturated carbocycles. The molecule has 3 heterocycles. The Morgan fingerprint density at radius 3 is 2.85 bits per heavy atom. The SMILES string of the molecule is Cn1cc(N2CC[C@H](Nc3ccnc(Cc4ccccc4)n3)C2=O)cn1. The van der Waals surface area contributed by atoms with Crippen molar-refractivity contribution in [3.63, 3.8) is 0 Å². The van der Waals surface area contributed by atoms with Crippen molar-refractivity contribution in [1.29, 1.82) is 0 Å². The van der Waals surface area contributed by atoms with Crippen LogP contribution in [0.2, 0.25) is 0 Å². The Hall–Kier alpha value is -3.22. The fourth-order valence-corrected chi connectivity index (χ4v) is 3.14. The van der Waals surface area contributed by atoms with Crippen LogP contribution in [0.5, 0.6) is 0 Å². The van der Waals surface area contributed by atoms with Crippen molar-refractivity contribution in [2.24, 2.45) is 7.05 Å². The molecule has 7 nitrogen and oxygen atoms in total. The zero-order chi connectivity index (χ0) is 17.9. The lowest BCUT2D eigenvalue weighted by Crippen LogP contribution is -2.33. The van der Waals surface area contributed by atoms with Gasteiger partial charge in [-0.2, -0.15) is 5.10 Å². The number of carbonyl (C=O) groups excluding carboxylic acids is 1. The van der Waals surface area contributed by atoms with E-state index in [1.165, 1.54) is 0 Å². The lowest BCUT2D eigenvalue weighted by molar-refractivity contribution is -0.117. The quantitative estimate of drug-likeness (QED) is 0.763. The molecule has 1 saturated heterocycles. The van der Waals surface area contributed by atoms with Crippen molar-refractivity contribution in [2.75, 3.05) is 16.8 Å². The van der Waals surface area contributed by atoms with Gasteiger partial charge in [-0.05, 0) is 18.1 Å². The number of nitrogens with one attached hydrogen (secondary N) is 1. The first-order valence-electron chi connectivity index (χ1n) is 8.61. The zero-order valence-corrected chi connectivity index (χ0v) is 14.5. The van der Waals surface area contributed by atoms with Crippen LogP contribution < -0.4 is 10.2 Å². The normalized spacial score (nSPS) is 16.9. The Morgan fingerprint density at radius 1 is 1.23 bits per heavy atom. The molecule has 1 aromatic carbocycles. The van der Waals surface area contributed by atoms with Crippen LogP contribution in [0.1, 0.15) is 17.8 Å². The Bertz CT molecular complexity index is 907. The van der Waals surface area contributed by atoms with Crippen LogP contribution in [-0.4, -0.2) is 38.2 Å². The Labute approximate surface area is 151 Å². The number of benzene rings is 1. The number of hydrogen-bond acceptors (Lipinski definition) is 5. The van der Waals surface area contributed by atoms with Crippen molar-refractivity contribution < 1.29 is 4.79 Å². The van der Waals surface area contributed by atoms with Gasteiger partial charge in [-0.3, -0.25) is 9.48 Å². The van der Waals surface area contributed by atoms with Gasteiger partial charge in [0.1, 0.15) is 17.7 Å². The summed E-state index contributed by atoms with van der Waals surface area (Å²) in [6, 6.07) is 11.6. The van der Waals surface area contributed by atoms with E-state index in [0.717, 1.165) is 23.5 Å². The second-order valence-electron chi connectivity index (χ2n) is 6.37. The van der Waals surface area contributed by atoms with E-state index in [-0.39, 0.29) is 11.9 Å². The van der Waals surface area contributed by atoms with Gasteiger partial charge in [-0.1, -0.05) is 30.3 Å². The molecule has 0 radical (unpaired) electrons. The molecule has 1 amide bonds.